The molecule has 0 aliphatic heterocycles. The molecular formula is C13H13BrClN3O. The van der Waals surface area contributed by atoms with E-state index in [9.17, 15) is 4.79 Å². The summed E-state index contributed by atoms with van der Waals surface area (Å²) in [6.07, 6.45) is 6.29. The minimum Gasteiger partial charge on any atom is -0.293 e. The fourth-order valence-corrected chi connectivity index (χ4v) is 3.43. The van der Waals surface area contributed by atoms with Gasteiger partial charge in [0.15, 0.2) is 5.15 Å². The third kappa shape index (κ3) is 2.25. The summed E-state index contributed by atoms with van der Waals surface area (Å²) in [4.78, 5) is 16.3. The second-order valence-electron chi connectivity index (χ2n) is 4.77. The van der Waals surface area contributed by atoms with Gasteiger partial charge < -0.3 is 0 Å². The van der Waals surface area contributed by atoms with E-state index >= 15 is 0 Å². The molecule has 0 spiro atoms. The Morgan fingerprint density at radius 2 is 2.16 bits per heavy atom. The van der Waals surface area contributed by atoms with Crippen LogP contribution in [-0.2, 0) is 0 Å². The summed E-state index contributed by atoms with van der Waals surface area (Å²) in [5.41, 5.74) is 1.44. The van der Waals surface area contributed by atoms with Crippen molar-refractivity contribution in [3.8, 4) is 5.69 Å². The van der Waals surface area contributed by atoms with Crippen LogP contribution in [0.25, 0.3) is 5.69 Å². The van der Waals surface area contributed by atoms with Crippen LogP contribution in [0.2, 0.25) is 5.15 Å². The third-order valence-corrected chi connectivity index (χ3v) is 4.66. The van der Waals surface area contributed by atoms with E-state index in [1.165, 1.54) is 17.5 Å². The summed E-state index contributed by atoms with van der Waals surface area (Å²) in [5, 5.41) is 3.50. The van der Waals surface area contributed by atoms with Crippen LogP contribution in [0.5, 0.6) is 0 Å². The summed E-state index contributed by atoms with van der Waals surface area (Å²) in [6, 6.07) is 3.54. The Kier molecular flexibility index (Phi) is 3.50. The molecule has 0 atom stereocenters. The standard InChI is InChI=1S/C13H13BrClN3O/c14-10-11(8-4-1-2-5-8)17-18(13(10)19)9-6-3-7-16-12(9)15/h3,6-8,17H,1-2,4-5H2. The van der Waals surface area contributed by atoms with Gasteiger partial charge in [-0.1, -0.05) is 24.4 Å². The Labute approximate surface area is 123 Å². The maximum absolute atomic E-state index is 12.3. The SMILES string of the molecule is O=c1c(Br)c(C2CCCC2)[nH]n1-c1cccnc1Cl. The molecule has 1 saturated carbocycles. The van der Waals surface area contributed by atoms with E-state index < -0.39 is 0 Å². The molecule has 0 radical (unpaired) electrons. The molecular weight excluding hydrogens is 330 g/mol. The largest absolute Gasteiger partial charge is 0.293 e. The van der Waals surface area contributed by atoms with Crippen LogP contribution in [0.3, 0.4) is 0 Å². The number of aromatic amines is 1. The van der Waals surface area contributed by atoms with Gasteiger partial charge in [0.05, 0.1) is 5.69 Å². The number of hydrogen-bond donors (Lipinski definition) is 1. The molecule has 4 nitrogen and oxygen atoms in total. The van der Waals surface area contributed by atoms with Crippen molar-refractivity contribution in [2.45, 2.75) is 31.6 Å². The van der Waals surface area contributed by atoms with Gasteiger partial charge in [0.25, 0.3) is 5.56 Å². The molecule has 0 bridgehead atoms. The first-order valence-electron chi connectivity index (χ1n) is 6.30. The first kappa shape index (κ1) is 12.9. The Bertz CT molecular complexity index is 658. The number of halogens is 2. The molecule has 0 unspecified atom stereocenters. The normalized spacial score (nSPS) is 16.1. The fourth-order valence-electron chi connectivity index (χ4n) is 2.63. The van der Waals surface area contributed by atoms with Gasteiger partial charge in [0, 0.05) is 12.1 Å². The van der Waals surface area contributed by atoms with Crippen molar-refractivity contribution < 1.29 is 0 Å². The smallest absolute Gasteiger partial charge is 0.285 e. The summed E-state index contributed by atoms with van der Waals surface area (Å²) in [5.74, 6) is 0.429. The third-order valence-electron chi connectivity index (χ3n) is 3.60. The van der Waals surface area contributed by atoms with Gasteiger partial charge in [-0.3, -0.25) is 9.89 Å². The van der Waals surface area contributed by atoms with Gasteiger partial charge in [-0.25, -0.2) is 9.67 Å². The number of nitrogens with one attached hydrogen (secondary N) is 1. The molecule has 6 heteroatoms. The highest BCUT2D eigenvalue weighted by molar-refractivity contribution is 9.10. The molecule has 1 aliphatic rings. The van der Waals surface area contributed by atoms with E-state index in [4.69, 9.17) is 11.6 Å². The quantitative estimate of drug-likeness (QED) is 0.847. The highest BCUT2D eigenvalue weighted by atomic mass is 79.9. The van der Waals surface area contributed by atoms with E-state index in [1.54, 1.807) is 18.3 Å². The second kappa shape index (κ2) is 5.13. The highest BCUT2D eigenvalue weighted by Crippen LogP contribution is 2.35. The van der Waals surface area contributed by atoms with Gasteiger partial charge in [-0.15, -0.1) is 0 Å². The van der Waals surface area contributed by atoms with Gasteiger partial charge in [-0.2, -0.15) is 0 Å². The molecule has 2 aromatic rings. The number of rotatable bonds is 2. The van der Waals surface area contributed by atoms with E-state index in [0.29, 0.717) is 21.2 Å². The lowest BCUT2D eigenvalue weighted by molar-refractivity contribution is 0.674. The van der Waals surface area contributed by atoms with E-state index in [1.807, 2.05) is 0 Å². The minimum absolute atomic E-state index is 0.114. The second-order valence-corrected chi connectivity index (χ2v) is 5.93. The van der Waals surface area contributed by atoms with Crippen LogP contribution < -0.4 is 5.56 Å². The minimum atomic E-state index is -0.114. The molecule has 2 heterocycles. The van der Waals surface area contributed by atoms with Crippen molar-refractivity contribution in [1.82, 2.24) is 14.8 Å². The van der Waals surface area contributed by atoms with Crippen molar-refractivity contribution in [2.24, 2.45) is 0 Å². The summed E-state index contributed by atoms with van der Waals surface area (Å²) in [7, 11) is 0. The average molecular weight is 343 g/mol. The van der Waals surface area contributed by atoms with Crippen LogP contribution in [0.15, 0.2) is 27.6 Å². The number of aromatic nitrogens is 3. The molecule has 3 rings (SSSR count). The zero-order valence-electron chi connectivity index (χ0n) is 10.2. The van der Waals surface area contributed by atoms with Crippen LogP contribution in [0, 0.1) is 0 Å². The van der Waals surface area contributed by atoms with E-state index in [-0.39, 0.29) is 5.56 Å². The lowest BCUT2D eigenvalue weighted by Crippen LogP contribution is -2.15. The molecule has 0 amide bonds. The van der Waals surface area contributed by atoms with Crippen LogP contribution in [-0.4, -0.2) is 14.8 Å². The fraction of sp³-hybridized carbons (Fsp3) is 0.385. The van der Waals surface area contributed by atoms with Crippen molar-refractivity contribution in [3.05, 3.63) is 44.0 Å². The summed E-state index contributed by atoms with van der Waals surface area (Å²) < 4.78 is 2.08. The Morgan fingerprint density at radius 3 is 2.84 bits per heavy atom. The van der Waals surface area contributed by atoms with Gasteiger partial charge in [0.2, 0.25) is 0 Å². The number of hydrogen-bond acceptors (Lipinski definition) is 2. The Balaban J connectivity index is 2.11. The molecule has 1 N–H and O–H groups in total. The molecule has 100 valence electrons. The monoisotopic (exact) mass is 341 g/mol. The Morgan fingerprint density at radius 1 is 1.42 bits per heavy atom. The van der Waals surface area contributed by atoms with Crippen molar-refractivity contribution >= 4 is 27.5 Å². The maximum Gasteiger partial charge on any atom is 0.285 e. The average Bonchev–Trinajstić information content (AvgIpc) is 3.02. The zero-order chi connectivity index (χ0) is 13.4. The maximum atomic E-state index is 12.3. The van der Waals surface area contributed by atoms with Gasteiger partial charge in [0.1, 0.15) is 10.2 Å². The molecule has 19 heavy (non-hydrogen) atoms. The lowest BCUT2D eigenvalue weighted by atomic mass is 10.1. The van der Waals surface area contributed by atoms with Crippen LogP contribution in [0.1, 0.15) is 37.3 Å². The number of pyridine rings is 1. The van der Waals surface area contributed by atoms with E-state index in [2.05, 4.69) is 26.0 Å². The highest BCUT2D eigenvalue weighted by Gasteiger charge is 2.24. The summed E-state index contributed by atoms with van der Waals surface area (Å²) in [6.45, 7) is 0. The van der Waals surface area contributed by atoms with Gasteiger partial charge >= 0.3 is 0 Å². The molecule has 0 saturated heterocycles. The molecule has 1 fully saturated rings. The topological polar surface area (TPSA) is 50.7 Å². The first-order chi connectivity index (χ1) is 9.18. The lowest BCUT2D eigenvalue weighted by Gasteiger charge is -2.07. The van der Waals surface area contributed by atoms with Crippen LogP contribution in [0.4, 0.5) is 0 Å². The molecule has 2 aromatic heterocycles. The predicted molar refractivity (Wildman–Crippen MR) is 78.1 cm³/mol. The van der Waals surface area contributed by atoms with Crippen LogP contribution >= 0.6 is 27.5 Å². The Hall–Kier alpha value is -1.07. The number of H-pyrrole nitrogens is 1. The van der Waals surface area contributed by atoms with Crippen molar-refractivity contribution in [1.29, 1.82) is 0 Å². The number of nitrogens with zero attached hydrogens (tertiary/aromatic N) is 2. The predicted octanol–water partition coefficient (Wildman–Crippen LogP) is 3.63. The first-order valence-corrected chi connectivity index (χ1v) is 7.47. The zero-order valence-corrected chi connectivity index (χ0v) is 12.5. The summed E-state index contributed by atoms with van der Waals surface area (Å²) >= 11 is 9.45. The van der Waals surface area contributed by atoms with Crippen molar-refractivity contribution in [2.75, 3.05) is 0 Å². The van der Waals surface area contributed by atoms with E-state index in [0.717, 1.165) is 18.5 Å². The van der Waals surface area contributed by atoms with Gasteiger partial charge in [-0.05, 0) is 40.9 Å². The van der Waals surface area contributed by atoms with Crippen molar-refractivity contribution in [3.63, 3.8) is 0 Å². The molecule has 0 aromatic carbocycles. The molecule has 1 aliphatic carbocycles.